The molecule has 2 aliphatic heterocycles. The Balaban J connectivity index is 0.00000192. The van der Waals surface area contributed by atoms with Crippen molar-refractivity contribution in [3.63, 3.8) is 0 Å². The zero-order valence-electron chi connectivity index (χ0n) is 12.6. The van der Waals surface area contributed by atoms with Crippen LogP contribution in [0, 0.1) is 0 Å². The minimum Gasteiger partial charge on any atom is -0.392 e. The van der Waals surface area contributed by atoms with Gasteiger partial charge in [-0.1, -0.05) is 12.1 Å². The third-order valence-electron chi connectivity index (χ3n) is 4.47. The second-order valence-electron chi connectivity index (χ2n) is 6.11. The van der Waals surface area contributed by atoms with Crippen molar-refractivity contribution in [3.8, 4) is 0 Å². The molecule has 7 heteroatoms. The van der Waals surface area contributed by atoms with Crippen molar-refractivity contribution in [1.29, 1.82) is 0 Å². The lowest BCUT2D eigenvalue weighted by molar-refractivity contribution is -0.137. The summed E-state index contributed by atoms with van der Waals surface area (Å²) in [5.41, 5.74) is 0.183. The Hall–Kier alpha value is -0.380. The molecular formula is C16H21F3INO2. The smallest absolute Gasteiger partial charge is 0.392 e. The quantitative estimate of drug-likeness (QED) is 0.725. The number of aliphatic hydroxyl groups is 1. The van der Waals surface area contributed by atoms with E-state index in [-0.39, 0.29) is 36.1 Å². The number of rotatable bonds is 3. The van der Waals surface area contributed by atoms with Crippen molar-refractivity contribution in [3.05, 3.63) is 35.4 Å². The molecule has 0 aliphatic carbocycles. The van der Waals surface area contributed by atoms with Crippen molar-refractivity contribution < 1.29 is 23.0 Å². The summed E-state index contributed by atoms with van der Waals surface area (Å²) in [5.74, 6) is 0. The van der Waals surface area contributed by atoms with Crippen molar-refractivity contribution in [2.45, 2.75) is 43.7 Å². The number of benzene rings is 1. The molecule has 23 heavy (non-hydrogen) atoms. The summed E-state index contributed by atoms with van der Waals surface area (Å²) in [5, 5.41) is 9.93. The van der Waals surface area contributed by atoms with Crippen LogP contribution >= 0.6 is 24.0 Å². The fraction of sp³-hybridized carbons (Fsp3) is 0.625. The highest BCUT2D eigenvalue weighted by molar-refractivity contribution is 14.0. The van der Waals surface area contributed by atoms with E-state index in [0.717, 1.165) is 43.7 Å². The highest BCUT2D eigenvalue weighted by atomic mass is 127. The van der Waals surface area contributed by atoms with E-state index in [0.29, 0.717) is 13.0 Å². The van der Waals surface area contributed by atoms with Gasteiger partial charge in [-0.05, 0) is 37.0 Å². The summed E-state index contributed by atoms with van der Waals surface area (Å²) in [4.78, 5) is 2.13. The van der Waals surface area contributed by atoms with Gasteiger partial charge in [0.1, 0.15) is 0 Å². The number of hydrogen-bond acceptors (Lipinski definition) is 3. The third-order valence-corrected chi connectivity index (χ3v) is 4.47. The van der Waals surface area contributed by atoms with Crippen LogP contribution in [-0.4, -0.2) is 41.9 Å². The first-order valence-electron chi connectivity index (χ1n) is 7.64. The molecule has 2 saturated heterocycles. The van der Waals surface area contributed by atoms with Crippen LogP contribution in [0.15, 0.2) is 24.3 Å². The zero-order chi connectivity index (χ0) is 15.7. The van der Waals surface area contributed by atoms with E-state index < -0.39 is 17.8 Å². The van der Waals surface area contributed by atoms with Gasteiger partial charge < -0.3 is 9.84 Å². The molecule has 0 saturated carbocycles. The Morgan fingerprint density at radius 2 is 1.91 bits per heavy atom. The molecule has 3 atom stereocenters. The van der Waals surface area contributed by atoms with Crippen molar-refractivity contribution in [2.75, 3.05) is 19.7 Å². The van der Waals surface area contributed by atoms with Gasteiger partial charge in [0.15, 0.2) is 0 Å². The van der Waals surface area contributed by atoms with Crippen LogP contribution in [-0.2, 0) is 10.9 Å². The molecule has 0 spiro atoms. The molecule has 3 unspecified atom stereocenters. The normalized spacial score (nSPS) is 28.8. The number of likely N-dealkylation sites (tertiary alicyclic amines) is 1. The van der Waals surface area contributed by atoms with Gasteiger partial charge in [0, 0.05) is 25.7 Å². The number of halogens is 4. The molecule has 1 aromatic rings. The monoisotopic (exact) mass is 443 g/mol. The average molecular weight is 443 g/mol. The van der Waals surface area contributed by atoms with Gasteiger partial charge in [0.25, 0.3) is 0 Å². The van der Waals surface area contributed by atoms with Crippen LogP contribution in [0.5, 0.6) is 0 Å². The first kappa shape index (κ1) is 19.0. The van der Waals surface area contributed by atoms with Crippen LogP contribution in [0.3, 0.4) is 0 Å². The Morgan fingerprint density at radius 3 is 2.48 bits per heavy atom. The molecule has 130 valence electrons. The van der Waals surface area contributed by atoms with Crippen molar-refractivity contribution in [2.24, 2.45) is 0 Å². The van der Waals surface area contributed by atoms with Gasteiger partial charge in [-0.3, -0.25) is 4.90 Å². The van der Waals surface area contributed by atoms with E-state index in [1.54, 1.807) is 0 Å². The maximum atomic E-state index is 12.6. The van der Waals surface area contributed by atoms with Gasteiger partial charge >= 0.3 is 6.18 Å². The number of ether oxygens (including phenoxy) is 1. The van der Waals surface area contributed by atoms with E-state index in [1.807, 2.05) is 0 Å². The molecule has 0 bridgehead atoms. The number of β-amino-alcohol motifs (C(OH)–C–C–N with tert-alkyl or cyclic N) is 1. The molecule has 0 aromatic heterocycles. The lowest BCUT2D eigenvalue weighted by atomic mass is 10.0. The molecule has 1 aromatic carbocycles. The second kappa shape index (κ2) is 7.67. The zero-order valence-corrected chi connectivity index (χ0v) is 15.0. The molecule has 0 radical (unpaired) electrons. The highest BCUT2D eigenvalue weighted by Gasteiger charge is 2.35. The van der Waals surface area contributed by atoms with E-state index in [1.165, 1.54) is 12.1 Å². The van der Waals surface area contributed by atoms with Crippen molar-refractivity contribution in [1.82, 2.24) is 4.90 Å². The average Bonchev–Trinajstić information content (AvgIpc) is 3.08. The van der Waals surface area contributed by atoms with Crippen LogP contribution in [0.4, 0.5) is 13.2 Å². The summed E-state index contributed by atoms with van der Waals surface area (Å²) in [6, 6.07) is 5.23. The topological polar surface area (TPSA) is 32.7 Å². The van der Waals surface area contributed by atoms with Crippen LogP contribution in [0.25, 0.3) is 0 Å². The van der Waals surface area contributed by atoms with E-state index in [4.69, 9.17) is 4.74 Å². The standard InChI is InChI=1S/C16H20F3NO2.HI/c17-16(18,19)12-5-3-11(4-6-12)15-8-13(21)9-20(15)10-14-2-1-7-22-14;/h3-6,13-15,21H,1-2,7-10H2;1H. The highest BCUT2D eigenvalue weighted by Crippen LogP contribution is 2.35. The lowest BCUT2D eigenvalue weighted by Gasteiger charge is -2.27. The van der Waals surface area contributed by atoms with Crippen LogP contribution in [0.1, 0.15) is 36.4 Å². The van der Waals surface area contributed by atoms with Crippen LogP contribution < -0.4 is 0 Å². The second-order valence-corrected chi connectivity index (χ2v) is 6.11. The Labute approximate surface area is 150 Å². The summed E-state index contributed by atoms with van der Waals surface area (Å²) in [7, 11) is 0. The first-order chi connectivity index (χ1) is 10.4. The fourth-order valence-corrected chi connectivity index (χ4v) is 3.37. The minimum atomic E-state index is -4.31. The third kappa shape index (κ3) is 4.58. The molecule has 3 rings (SSSR count). The van der Waals surface area contributed by atoms with E-state index >= 15 is 0 Å². The van der Waals surface area contributed by atoms with E-state index in [9.17, 15) is 18.3 Å². The molecule has 2 aliphatic rings. The maximum Gasteiger partial charge on any atom is 0.416 e. The summed E-state index contributed by atoms with van der Waals surface area (Å²) in [6.45, 7) is 2.04. The number of hydrogen-bond donors (Lipinski definition) is 1. The predicted octanol–water partition coefficient (Wildman–Crippen LogP) is 3.61. The van der Waals surface area contributed by atoms with Gasteiger partial charge in [0.2, 0.25) is 0 Å². The summed E-state index contributed by atoms with van der Waals surface area (Å²) < 4.78 is 43.5. The Kier molecular flexibility index (Phi) is 6.32. The van der Waals surface area contributed by atoms with Gasteiger partial charge in [-0.2, -0.15) is 13.2 Å². The lowest BCUT2D eigenvalue weighted by Crippen LogP contribution is -2.32. The molecule has 0 amide bonds. The molecule has 3 nitrogen and oxygen atoms in total. The first-order valence-corrected chi connectivity index (χ1v) is 7.64. The minimum absolute atomic E-state index is 0. The predicted molar refractivity (Wildman–Crippen MR) is 90.8 cm³/mol. The summed E-state index contributed by atoms with van der Waals surface area (Å²) in [6.07, 6.45) is -1.97. The maximum absolute atomic E-state index is 12.6. The van der Waals surface area contributed by atoms with Gasteiger partial charge in [-0.25, -0.2) is 0 Å². The molecule has 2 fully saturated rings. The number of aliphatic hydroxyl groups excluding tert-OH is 1. The molecular weight excluding hydrogens is 422 g/mol. The number of alkyl halides is 3. The molecule has 1 N–H and O–H groups in total. The number of nitrogens with zero attached hydrogens (tertiary/aromatic N) is 1. The SMILES string of the molecule is I.OC1CC(c2ccc(C(F)(F)F)cc2)N(CC2CCCO2)C1. The van der Waals surface area contributed by atoms with Gasteiger partial charge in [0.05, 0.1) is 17.8 Å². The van der Waals surface area contributed by atoms with E-state index in [2.05, 4.69) is 4.90 Å². The van der Waals surface area contributed by atoms with Crippen molar-refractivity contribution >= 4 is 24.0 Å². The Morgan fingerprint density at radius 1 is 1.22 bits per heavy atom. The largest absolute Gasteiger partial charge is 0.416 e. The van der Waals surface area contributed by atoms with Gasteiger partial charge in [-0.15, -0.1) is 24.0 Å². The van der Waals surface area contributed by atoms with Crippen LogP contribution in [0.2, 0.25) is 0 Å². The fourth-order valence-electron chi connectivity index (χ4n) is 3.37. The Bertz CT molecular complexity index is 503. The summed E-state index contributed by atoms with van der Waals surface area (Å²) >= 11 is 0. The molecule has 2 heterocycles.